The molecule has 0 unspecified atom stereocenters. The highest BCUT2D eigenvalue weighted by atomic mass is 16.5. The summed E-state index contributed by atoms with van der Waals surface area (Å²) in [6.07, 6.45) is 0. The molecule has 0 saturated carbocycles. The first-order valence-electron chi connectivity index (χ1n) is 24.2. The minimum absolute atomic E-state index is 0.00815. The Morgan fingerprint density at radius 2 is 0.643 bits per heavy atom. The van der Waals surface area contributed by atoms with Gasteiger partial charge in [-0.25, -0.2) is 0 Å². The van der Waals surface area contributed by atoms with Crippen molar-refractivity contribution in [3.63, 3.8) is 0 Å². The van der Waals surface area contributed by atoms with Gasteiger partial charge < -0.3 is 18.9 Å². The number of methoxy groups -OCH3 is 4. The molecule has 0 heterocycles. The highest BCUT2D eigenvalue weighted by Gasteiger charge is 2.26. The number of hydrogen-bond donors (Lipinski definition) is 0. The molecular weight excluding hydrogens is 857 g/mol. The van der Waals surface area contributed by atoms with Crippen LogP contribution < -0.4 is 18.9 Å². The zero-order chi connectivity index (χ0) is 48.6. The zero-order valence-electron chi connectivity index (χ0n) is 41.8. The molecule has 12 aromatic rings. The molecule has 0 aromatic heterocycles. The van der Waals surface area contributed by atoms with Crippen molar-refractivity contribution >= 4 is 75.4 Å². The van der Waals surface area contributed by atoms with Gasteiger partial charge >= 0.3 is 0 Å². The van der Waals surface area contributed by atoms with E-state index in [-0.39, 0.29) is 10.8 Å². The van der Waals surface area contributed by atoms with Crippen molar-refractivity contribution in [1.82, 2.24) is 0 Å². The second kappa shape index (κ2) is 17.0. The van der Waals surface area contributed by atoms with Crippen LogP contribution >= 0.6 is 0 Å². The largest absolute Gasteiger partial charge is 0.497 e. The molecule has 0 fully saturated rings. The van der Waals surface area contributed by atoms with Gasteiger partial charge in [-0.1, -0.05) is 133 Å². The molecule has 0 N–H and O–H groups in total. The van der Waals surface area contributed by atoms with Gasteiger partial charge in [0, 0.05) is 0 Å². The third-order valence-electron chi connectivity index (χ3n) is 14.5. The van der Waals surface area contributed by atoms with Crippen molar-refractivity contribution in [3.8, 4) is 56.4 Å². The maximum atomic E-state index is 5.70. The van der Waals surface area contributed by atoms with Crippen LogP contribution in [0.25, 0.3) is 109 Å². The van der Waals surface area contributed by atoms with E-state index in [9.17, 15) is 0 Å². The first kappa shape index (κ1) is 44.7. The summed E-state index contributed by atoms with van der Waals surface area (Å²) in [6.45, 7) is 13.9. The van der Waals surface area contributed by atoms with Crippen molar-refractivity contribution in [2.75, 3.05) is 28.4 Å². The summed E-state index contributed by atoms with van der Waals surface area (Å²) in [5, 5.41) is 17.8. The average molecular weight is 915 g/mol. The van der Waals surface area contributed by atoms with E-state index in [2.05, 4.69) is 181 Å². The Morgan fingerprint density at radius 3 is 1.07 bits per heavy atom. The molecule has 0 bridgehead atoms. The van der Waals surface area contributed by atoms with Crippen molar-refractivity contribution in [3.05, 3.63) is 181 Å². The van der Waals surface area contributed by atoms with Gasteiger partial charge in [0.15, 0.2) is 0 Å². The minimum Gasteiger partial charge on any atom is -0.497 e. The van der Waals surface area contributed by atoms with Crippen LogP contribution in [0.3, 0.4) is 0 Å². The van der Waals surface area contributed by atoms with Crippen LogP contribution in [0.1, 0.15) is 52.7 Å². The number of fused-ring (bicyclic) bond motifs is 3. The van der Waals surface area contributed by atoms with Crippen molar-refractivity contribution in [2.24, 2.45) is 0 Å². The first-order valence-corrected chi connectivity index (χ1v) is 24.2. The molecule has 0 aliphatic carbocycles. The van der Waals surface area contributed by atoms with E-state index >= 15 is 0 Å². The van der Waals surface area contributed by atoms with Gasteiger partial charge in [-0.15, -0.1) is 0 Å². The summed E-state index contributed by atoms with van der Waals surface area (Å²) in [5.41, 5.74) is 9.73. The Morgan fingerprint density at radius 1 is 0.271 bits per heavy atom. The molecule has 4 heteroatoms. The smallest absolute Gasteiger partial charge is 0.118 e. The van der Waals surface area contributed by atoms with Gasteiger partial charge in [-0.05, 0) is 210 Å². The minimum atomic E-state index is -0.0429. The lowest BCUT2D eigenvalue weighted by molar-refractivity contribution is 0.414. The van der Waals surface area contributed by atoms with Gasteiger partial charge in [0.1, 0.15) is 23.0 Å². The van der Waals surface area contributed by atoms with Crippen molar-refractivity contribution in [2.45, 2.75) is 52.4 Å². The molecule has 0 spiro atoms. The monoisotopic (exact) mass is 914 g/mol. The highest BCUT2D eigenvalue weighted by Crippen LogP contribution is 2.52. The van der Waals surface area contributed by atoms with Crippen LogP contribution in [0.4, 0.5) is 0 Å². The summed E-state index contributed by atoms with van der Waals surface area (Å²) >= 11 is 0. The second-order valence-corrected chi connectivity index (χ2v) is 20.8. The third kappa shape index (κ3) is 7.54. The Kier molecular flexibility index (Phi) is 10.8. The molecular formula is C66H58O4. The molecule has 0 radical (unpaired) electrons. The van der Waals surface area contributed by atoms with Gasteiger partial charge in [-0.2, -0.15) is 0 Å². The molecule has 70 heavy (non-hydrogen) atoms. The molecule has 12 rings (SSSR count). The third-order valence-corrected chi connectivity index (χ3v) is 14.5. The lowest BCUT2D eigenvalue weighted by Crippen LogP contribution is -2.11. The zero-order valence-corrected chi connectivity index (χ0v) is 41.8. The van der Waals surface area contributed by atoms with E-state index in [0.717, 1.165) is 34.1 Å². The standard InChI is InChI=1S/C59H50O3.C7H8O/c1-58(2,3)41-24-36-16-23-46-54-40(31-50-47(28-37(25-41)52(36)55(46)50)33-10-17-43(60-7)18-11-33)32-51-48(34-12-19-44(61-8)20-13-34)29-38-26-42(59(4,5)6)27-39-30-49(56(54)57(51)53(38)39)35-14-21-45(62-9)22-15-35;1-8-7-5-3-2-4-6-7/h10-32H,1-9H3;2-6H,1H3. The number of para-hydroxylation sites is 1. The van der Waals surface area contributed by atoms with E-state index in [4.69, 9.17) is 18.9 Å². The summed E-state index contributed by atoms with van der Waals surface area (Å²) in [6, 6.07) is 62.2. The number of rotatable bonds is 7. The Labute approximate surface area is 410 Å². The molecule has 4 nitrogen and oxygen atoms in total. The lowest BCUT2D eigenvalue weighted by Gasteiger charge is -2.25. The van der Waals surface area contributed by atoms with Crippen LogP contribution in [-0.2, 0) is 10.8 Å². The van der Waals surface area contributed by atoms with Crippen LogP contribution in [0.2, 0.25) is 0 Å². The topological polar surface area (TPSA) is 36.9 Å². The summed E-state index contributed by atoms with van der Waals surface area (Å²) in [4.78, 5) is 0. The van der Waals surface area contributed by atoms with Gasteiger partial charge in [-0.3, -0.25) is 0 Å². The van der Waals surface area contributed by atoms with Gasteiger partial charge in [0.05, 0.1) is 28.4 Å². The fourth-order valence-corrected chi connectivity index (χ4v) is 10.7. The molecule has 0 aliphatic rings. The van der Waals surface area contributed by atoms with Crippen LogP contribution in [0.15, 0.2) is 170 Å². The van der Waals surface area contributed by atoms with Gasteiger partial charge in [0.25, 0.3) is 0 Å². The fraction of sp³-hybridized carbons (Fsp3) is 0.182. The van der Waals surface area contributed by atoms with Crippen LogP contribution in [0, 0.1) is 0 Å². The van der Waals surface area contributed by atoms with E-state index in [1.807, 2.05) is 30.3 Å². The first-order chi connectivity index (χ1) is 33.8. The molecule has 0 aliphatic heterocycles. The Balaban J connectivity index is 0.000000609. The predicted octanol–water partition coefficient (Wildman–Crippen LogP) is 18.0. The van der Waals surface area contributed by atoms with Crippen LogP contribution in [0.5, 0.6) is 23.0 Å². The molecule has 0 atom stereocenters. The van der Waals surface area contributed by atoms with E-state index in [1.165, 1.54) is 109 Å². The second-order valence-electron chi connectivity index (χ2n) is 20.8. The van der Waals surface area contributed by atoms with Crippen molar-refractivity contribution in [1.29, 1.82) is 0 Å². The van der Waals surface area contributed by atoms with Crippen molar-refractivity contribution < 1.29 is 18.9 Å². The lowest BCUT2D eigenvalue weighted by atomic mass is 9.78. The molecule has 346 valence electrons. The summed E-state index contributed by atoms with van der Waals surface area (Å²) in [7, 11) is 6.86. The molecule has 12 aromatic carbocycles. The van der Waals surface area contributed by atoms with Crippen LogP contribution in [-0.4, -0.2) is 28.4 Å². The Hall–Kier alpha value is -7.82. The van der Waals surface area contributed by atoms with E-state index < -0.39 is 0 Å². The SMILES string of the molecule is COc1ccc(-c2cc3cc(C(C)(C)C)cc4ccc5c6c(cc2c5c43)cc2c(-c3ccc(OC)cc3)cc3cc(C(C)(C)C)cc4cc(-c5ccc(OC)cc5)c6c2c34)cc1.COc1ccccc1. The van der Waals surface area contributed by atoms with E-state index in [1.54, 1.807) is 28.4 Å². The normalized spacial score (nSPS) is 12.1. The molecule has 0 saturated heterocycles. The molecule has 0 amide bonds. The Bertz CT molecular complexity index is 3870. The van der Waals surface area contributed by atoms with Gasteiger partial charge in [0.2, 0.25) is 0 Å². The maximum absolute atomic E-state index is 5.70. The number of benzene rings is 12. The van der Waals surface area contributed by atoms with E-state index in [0.29, 0.717) is 0 Å². The highest BCUT2D eigenvalue weighted by molar-refractivity contribution is 6.41. The quantitative estimate of drug-likeness (QED) is 0.118. The number of ether oxygens (including phenoxy) is 4. The maximum Gasteiger partial charge on any atom is 0.118 e. The fourth-order valence-electron chi connectivity index (χ4n) is 10.7. The average Bonchev–Trinajstić information content (AvgIpc) is 3.38. The summed E-state index contributed by atoms with van der Waals surface area (Å²) in [5.74, 6) is 3.45. The summed E-state index contributed by atoms with van der Waals surface area (Å²) < 4.78 is 21.9. The predicted molar refractivity (Wildman–Crippen MR) is 298 cm³/mol. The number of hydrogen-bond acceptors (Lipinski definition) is 4.